The Kier molecular flexibility index (Phi) is 8.26. The van der Waals surface area contributed by atoms with E-state index in [9.17, 15) is 5.11 Å². The summed E-state index contributed by atoms with van der Waals surface area (Å²) in [4.78, 5) is 0. The standard InChI is InChI=1S/C16H28N2O2/c1-13(6-5-9-17)10-18-11-15(19)12-20-16-8-4-3-7-14(16)2/h3-4,7-8,13,15,18-19H,5-6,9-12,17H2,1-2H3. The minimum Gasteiger partial charge on any atom is -0.491 e. The van der Waals surface area contributed by atoms with E-state index in [1.807, 2.05) is 31.2 Å². The summed E-state index contributed by atoms with van der Waals surface area (Å²) < 4.78 is 5.61. The van der Waals surface area contributed by atoms with Crippen LogP contribution in [0.1, 0.15) is 25.3 Å². The highest BCUT2D eigenvalue weighted by Gasteiger charge is 2.07. The molecule has 2 unspecified atom stereocenters. The van der Waals surface area contributed by atoms with Gasteiger partial charge in [-0.2, -0.15) is 0 Å². The van der Waals surface area contributed by atoms with Gasteiger partial charge >= 0.3 is 0 Å². The molecule has 1 rings (SSSR count). The Balaban J connectivity index is 2.14. The van der Waals surface area contributed by atoms with E-state index in [1.165, 1.54) is 0 Å². The van der Waals surface area contributed by atoms with E-state index in [0.717, 1.165) is 37.2 Å². The van der Waals surface area contributed by atoms with Gasteiger partial charge in [-0.05, 0) is 50.4 Å². The Labute approximate surface area is 122 Å². The molecule has 0 aliphatic heterocycles. The molecule has 0 saturated carbocycles. The summed E-state index contributed by atoms with van der Waals surface area (Å²) in [5, 5.41) is 13.2. The lowest BCUT2D eigenvalue weighted by atomic mass is 10.1. The Morgan fingerprint density at radius 2 is 2.05 bits per heavy atom. The van der Waals surface area contributed by atoms with Crippen molar-refractivity contribution in [3.05, 3.63) is 29.8 Å². The first kappa shape index (κ1) is 17.0. The van der Waals surface area contributed by atoms with Crippen molar-refractivity contribution in [3.63, 3.8) is 0 Å². The summed E-state index contributed by atoms with van der Waals surface area (Å²) in [7, 11) is 0. The predicted octanol–water partition coefficient (Wildman–Crippen LogP) is 1.70. The van der Waals surface area contributed by atoms with Crippen LogP contribution in [0.5, 0.6) is 5.75 Å². The zero-order valence-corrected chi connectivity index (χ0v) is 12.6. The molecule has 0 spiro atoms. The average Bonchev–Trinajstić information content (AvgIpc) is 2.44. The number of rotatable bonds is 10. The molecule has 0 aromatic heterocycles. The molecule has 0 bridgehead atoms. The number of ether oxygens (including phenoxy) is 1. The van der Waals surface area contributed by atoms with Gasteiger partial charge in [0.25, 0.3) is 0 Å². The molecule has 0 amide bonds. The van der Waals surface area contributed by atoms with E-state index in [2.05, 4.69) is 12.2 Å². The normalized spacial score (nSPS) is 14.0. The third-order valence-corrected chi connectivity index (χ3v) is 3.30. The van der Waals surface area contributed by atoms with Crippen molar-refractivity contribution in [2.45, 2.75) is 32.8 Å². The number of aliphatic hydroxyl groups excluding tert-OH is 1. The van der Waals surface area contributed by atoms with Gasteiger partial charge in [-0.1, -0.05) is 25.1 Å². The molecular formula is C16H28N2O2. The summed E-state index contributed by atoms with van der Waals surface area (Å²) >= 11 is 0. The zero-order valence-electron chi connectivity index (χ0n) is 12.6. The van der Waals surface area contributed by atoms with Crippen LogP contribution in [0.15, 0.2) is 24.3 Å². The number of nitrogens with two attached hydrogens (primary N) is 1. The van der Waals surface area contributed by atoms with Crippen LogP contribution >= 0.6 is 0 Å². The van der Waals surface area contributed by atoms with Crippen molar-refractivity contribution in [3.8, 4) is 5.75 Å². The maximum Gasteiger partial charge on any atom is 0.122 e. The molecular weight excluding hydrogens is 252 g/mol. The number of hydrogen-bond acceptors (Lipinski definition) is 4. The molecule has 4 nitrogen and oxygen atoms in total. The van der Waals surface area contributed by atoms with Crippen molar-refractivity contribution in [1.29, 1.82) is 0 Å². The van der Waals surface area contributed by atoms with Crippen LogP contribution in [0.3, 0.4) is 0 Å². The quantitative estimate of drug-likeness (QED) is 0.610. The van der Waals surface area contributed by atoms with Gasteiger partial charge in [-0.25, -0.2) is 0 Å². The number of aryl methyl sites for hydroxylation is 1. The summed E-state index contributed by atoms with van der Waals surface area (Å²) in [5.74, 6) is 1.42. The highest BCUT2D eigenvalue weighted by atomic mass is 16.5. The van der Waals surface area contributed by atoms with Crippen molar-refractivity contribution < 1.29 is 9.84 Å². The molecule has 4 N–H and O–H groups in total. The van der Waals surface area contributed by atoms with Gasteiger partial charge < -0.3 is 20.9 Å². The van der Waals surface area contributed by atoms with Crippen molar-refractivity contribution in [1.82, 2.24) is 5.32 Å². The van der Waals surface area contributed by atoms with Gasteiger partial charge in [0.15, 0.2) is 0 Å². The van der Waals surface area contributed by atoms with Crippen molar-refractivity contribution >= 4 is 0 Å². The van der Waals surface area contributed by atoms with Gasteiger partial charge in [0.1, 0.15) is 18.5 Å². The fraction of sp³-hybridized carbons (Fsp3) is 0.625. The number of benzene rings is 1. The SMILES string of the molecule is Cc1ccccc1OCC(O)CNCC(C)CCCN. The molecule has 0 aliphatic carbocycles. The van der Waals surface area contributed by atoms with Crippen LogP contribution in [-0.2, 0) is 0 Å². The molecule has 0 radical (unpaired) electrons. The zero-order chi connectivity index (χ0) is 14.8. The lowest BCUT2D eigenvalue weighted by Gasteiger charge is -2.16. The van der Waals surface area contributed by atoms with E-state index >= 15 is 0 Å². The van der Waals surface area contributed by atoms with Crippen molar-refractivity contribution in [2.24, 2.45) is 11.7 Å². The molecule has 20 heavy (non-hydrogen) atoms. The highest BCUT2D eigenvalue weighted by Crippen LogP contribution is 2.16. The van der Waals surface area contributed by atoms with Crippen molar-refractivity contribution in [2.75, 3.05) is 26.2 Å². The molecule has 0 heterocycles. The predicted molar refractivity (Wildman–Crippen MR) is 83.0 cm³/mol. The number of aliphatic hydroxyl groups is 1. The smallest absolute Gasteiger partial charge is 0.122 e. The molecule has 114 valence electrons. The number of nitrogens with one attached hydrogen (secondary N) is 1. The summed E-state index contributed by atoms with van der Waals surface area (Å²) in [6, 6.07) is 7.83. The molecule has 0 aliphatic rings. The molecule has 0 fully saturated rings. The molecule has 2 atom stereocenters. The van der Waals surface area contributed by atoms with Gasteiger partial charge in [0, 0.05) is 6.54 Å². The lowest BCUT2D eigenvalue weighted by molar-refractivity contribution is 0.105. The van der Waals surface area contributed by atoms with E-state index < -0.39 is 6.10 Å². The van der Waals surface area contributed by atoms with E-state index in [1.54, 1.807) is 0 Å². The van der Waals surface area contributed by atoms with Gasteiger partial charge in [-0.3, -0.25) is 0 Å². The molecule has 1 aromatic carbocycles. The lowest BCUT2D eigenvalue weighted by Crippen LogP contribution is -2.34. The first-order valence-corrected chi connectivity index (χ1v) is 7.40. The van der Waals surface area contributed by atoms with Gasteiger partial charge in [-0.15, -0.1) is 0 Å². The Morgan fingerprint density at radius 3 is 2.75 bits per heavy atom. The summed E-state index contributed by atoms with van der Waals surface area (Å²) in [6.07, 6.45) is 1.69. The highest BCUT2D eigenvalue weighted by molar-refractivity contribution is 5.31. The minimum atomic E-state index is -0.490. The fourth-order valence-corrected chi connectivity index (χ4v) is 2.03. The fourth-order valence-electron chi connectivity index (χ4n) is 2.03. The summed E-state index contributed by atoms with van der Waals surface area (Å²) in [5.41, 5.74) is 6.57. The maximum atomic E-state index is 9.88. The second-order valence-corrected chi connectivity index (χ2v) is 5.42. The first-order chi connectivity index (χ1) is 9.63. The van der Waals surface area contributed by atoms with Gasteiger partial charge in [0.05, 0.1) is 0 Å². The second-order valence-electron chi connectivity index (χ2n) is 5.42. The van der Waals surface area contributed by atoms with Crippen LogP contribution in [-0.4, -0.2) is 37.5 Å². The van der Waals surface area contributed by atoms with Crippen LogP contribution in [0.4, 0.5) is 0 Å². The Morgan fingerprint density at radius 1 is 1.30 bits per heavy atom. The Bertz CT molecular complexity index is 371. The van der Waals surface area contributed by atoms with Crippen LogP contribution < -0.4 is 15.8 Å². The van der Waals surface area contributed by atoms with Gasteiger partial charge in [0.2, 0.25) is 0 Å². The Hall–Kier alpha value is -1.10. The average molecular weight is 280 g/mol. The third kappa shape index (κ3) is 6.89. The molecule has 4 heteroatoms. The monoisotopic (exact) mass is 280 g/mol. The van der Waals surface area contributed by atoms with E-state index in [4.69, 9.17) is 10.5 Å². The minimum absolute atomic E-state index is 0.315. The molecule has 0 saturated heterocycles. The van der Waals surface area contributed by atoms with Crippen LogP contribution in [0, 0.1) is 12.8 Å². The molecule has 1 aromatic rings. The van der Waals surface area contributed by atoms with Crippen LogP contribution in [0.25, 0.3) is 0 Å². The second kappa shape index (κ2) is 9.75. The van der Waals surface area contributed by atoms with E-state index in [-0.39, 0.29) is 0 Å². The number of para-hydroxylation sites is 1. The first-order valence-electron chi connectivity index (χ1n) is 7.40. The van der Waals surface area contributed by atoms with Crippen LogP contribution in [0.2, 0.25) is 0 Å². The third-order valence-electron chi connectivity index (χ3n) is 3.30. The topological polar surface area (TPSA) is 67.5 Å². The number of hydrogen-bond donors (Lipinski definition) is 3. The summed E-state index contributed by atoms with van der Waals surface area (Å²) in [6.45, 7) is 6.71. The largest absolute Gasteiger partial charge is 0.491 e. The maximum absolute atomic E-state index is 9.88. The van der Waals surface area contributed by atoms with E-state index in [0.29, 0.717) is 19.1 Å².